The van der Waals surface area contributed by atoms with Crippen molar-refractivity contribution in [2.45, 2.75) is 32.9 Å². The second kappa shape index (κ2) is 6.66. The van der Waals surface area contributed by atoms with Crippen LogP contribution in [0.15, 0.2) is 36.5 Å². The highest BCUT2D eigenvalue weighted by atomic mass is 32.1. The lowest BCUT2D eigenvalue weighted by Gasteiger charge is -2.34. The summed E-state index contributed by atoms with van der Waals surface area (Å²) in [5.41, 5.74) is 9.42. The minimum absolute atomic E-state index is 0.227. The molecule has 6 nitrogen and oxygen atoms in total. The largest absolute Gasteiger partial charge is 0.368 e. The fourth-order valence-electron chi connectivity index (χ4n) is 3.54. The topological polar surface area (TPSA) is 80.7 Å². The molecular weight excluding hydrogens is 360 g/mol. The van der Waals surface area contributed by atoms with Gasteiger partial charge in [0.25, 0.3) is 0 Å². The lowest BCUT2D eigenvalue weighted by atomic mass is 9.93. The fourth-order valence-corrected chi connectivity index (χ4v) is 4.41. The van der Waals surface area contributed by atoms with E-state index in [-0.39, 0.29) is 5.91 Å². The lowest BCUT2D eigenvalue weighted by Crippen LogP contribution is -2.50. The zero-order chi connectivity index (χ0) is 19.1. The van der Waals surface area contributed by atoms with Crippen LogP contribution in [-0.2, 0) is 22.6 Å². The monoisotopic (exact) mass is 380 g/mol. The molecule has 1 aliphatic rings. The van der Waals surface area contributed by atoms with E-state index in [1.54, 1.807) is 22.3 Å². The summed E-state index contributed by atoms with van der Waals surface area (Å²) in [5, 5.41) is 0. The number of imidazole rings is 1. The number of nitrogens with two attached hydrogens (primary N) is 1. The number of amides is 2. The van der Waals surface area contributed by atoms with Crippen molar-refractivity contribution in [2.75, 3.05) is 0 Å². The number of rotatable bonds is 3. The maximum absolute atomic E-state index is 12.9. The molecule has 0 fully saturated rings. The van der Waals surface area contributed by atoms with Gasteiger partial charge in [0.05, 0.1) is 11.4 Å². The highest BCUT2D eigenvalue weighted by molar-refractivity contribution is 7.17. The summed E-state index contributed by atoms with van der Waals surface area (Å²) in [4.78, 5) is 32.9. The van der Waals surface area contributed by atoms with E-state index in [0.717, 1.165) is 32.4 Å². The molecule has 0 radical (unpaired) electrons. The van der Waals surface area contributed by atoms with Crippen LogP contribution in [-0.4, -0.2) is 32.1 Å². The normalized spacial score (nSPS) is 16.8. The van der Waals surface area contributed by atoms with Gasteiger partial charge < -0.3 is 10.6 Å². The van der Waals surface area contributed by atoms with Crippen LogP contribution in [0.5, 0.6) is 0 Å². The maximum Gasteiger partial charge on any atom is 0.247 e. The van der Waals surface area contributed by atoms with Crippen LogP contribution in [0, 0.1) is 13.8 Å². The molecule has 2 aromatic heterocycles. The number of carbonyl (C=O) groups is 2. The molecule has 1 atom stereocenters. The lowest BCUT2D eigenvalue weighted by molar-refractivity contribution is -0.136. The van der Waals surface area contributed by atoms with Gasteiger partial charge in [-0.3, -0.25) is 14.0 Å². The quantitative estimate of drug-likeness (QED) is 0.709. The number of nitrogens with zero attached hydrogens (tertiary/aromatic N) is 3. The van der Waals surface area contributed by atoms with Crippen molar-refractivity contribution < 1.29 is 9.59 Å². The molecule has 1 aliphatic heterocycles. The highest BCUT2D eigenvalue weighted by Gasteiger charge is 2.32. The van der Waals surface area contributed by atoms with Gasteiger partial charge in [-0.05, 0) is 31.1 Å². The summed E-state index contributed by atoms with van der Waals surface area (Å²) >= 11 is 1.61. The van der Waals surface area contributed by atoms with Gasteiger partial charge in [-0.1, -0.05) is 24.3 Å². The molecule has 3 aromatic rings. The highest BCUT2D eigenvalue weighted by Crippen LogP contribution is 2.25. The van der Waals surface area contributed by atoms with Gasteiger partial charge in [0.1, 0.15) is 6.04 Å². The number of primary amides is 1. The summed E-state index contributed by atoms with van der Waals surface area (Å²) in [6, 6.07) is 7.20. The molecule has 3 heterocycles. The van der Waals surface area contributed by atoms with Crippen LogP contribution in [0.1, 0.15) is 27.4 Å². The Bertz CT molecular complexity index is 1080. The molecule has 0 aliphatic carbocycles. The molecule has 138 valence electrons. The second-order valence-electron chi connectivity index (χ2n) is 6.77. The van der Waals surface area contributed by atoms with E-state index in [9.17, 15) is 9.59 Å². The SMILES string of the molecule is Cc1cn2c(C=CC(=O)N3Cc4ccccc4CC3C(N)=O)c(C)nc2s1. The van der Waals surface area contributed by atoms with Crippen LogP contribution in [0.25, 0.3) is 11.0 Å². The zero-order valence-corrected chi connectivity index (χ0v) is 16.0. The average molecular weight is 380 g/mol. The number of thiazole rings is 1. The van der Waals surface area contributed by atoms with Crippen LogP contribution < -0.4 is 5.73 Å². The van der Waals surface area contributed by atoms with Crippen LogP contribution >= 0.6 is 11.3 Å². The molecule has 2 N–H and O–H groups in total. The van der Waals surface area contributed by atoms with E-state index in [4.69, 9.17) is 5.73 Å². The molecule has 1 unspecified atom stereocenters. The standard InChI is InChI=1S/C20H20N4O2S/c1-12-10-24-16(13(2)22-20(24)27-12)7-8-18(25)23-11-15-6-4-3-5-14(15)9-17(23)19(21)26/h3-8,10,17H,9,11H2,1-2H3,(H2,21,26). The molecule has 2 amide bonds. The number of benzene rings is 1. The minimum Gasteiger partial charge on any atom is -0.368 e. The summed E-state index contributed by atoms with van der Waals surface area (Å²) in [6.45, 7) is 4.32. The number of hydrogen-bond acceptors (Lipinski definition) is 4. The third kappa shape index (κ3) is 3.14. The Balaban J connectivity index is 1.63. The molecular formula is C20H20N4O2S. The molecule has 0 saturated heterocycles. The first-order chi connectivity index (χ1) is 12.9. The average Bonchev–Trinajstić information content (AvgIpc) is 3.13. The molecule has 0 bridgehead atoms. The van der Waals surface area contributed by atoms with E-state index in [1.165, 1.54) is 6.08 Å². The predicted octanol–water partition coefficient (Wildman–Crippen LogP) is 2.46. The van der Waals surface area contributed by atoms with Gasteiger partial charge in [0.15, 0.2) is 4.96 Å². The number of aryl methyl sites for hydroxylation is 2. The van der Waals surface area contributed by atoms with Crippen molar-refractivity contribution >= 4 is 34.2 Å². The first-order valence-corrected chi connectivity index (χ1v) is 9.55. The zero-order valence-electron chi connectivity index (χ0n) is 15.2. The Morgan fingerprint density at radius 3 is 2.74 bits per heavy atom. The van der Waals surface area contributed by atoms with Gasteiger partial charge in [0.2, 0.25) is 11.8 Å². The summed E-state index contributed by atoms with van der Waals surface area (Å²) in [6.07, 6.45) is 5.73. The fraction of sp³-hybridized carbons (Fsp3) is 0.250. The van der Waals surface area contributed by atoms with Crippen LogP contribution in [0.3, 0.4) is 0 Å². The molecule has 0 spiro atoms. The molecule has 1 aromatic carbocycles. The summed E-state index contributed by atoms with van der Waals surface area (Å²) in [5.74, 6) is -0.711. The predicted molar refractivity (Wildman–Crippen MR) is 105 cm³/mol. The van der Waals surface area contributed by atoms with Crippen LogP contribution in [0.4, 0.5) is 0 Å². The summed E-state index contributed by atoms with van der Waals surface area (Å²) < 4.78 is 1.98. The third-order valence-corrected chi connectivity index (χ3v) is 5.80. The molecule has 0 saturated carbocycles. The Morgan fingerprint density at radius 1 is 1.26 bits per heavy atom. The number of hydrogen-bond donors (Lipinski definition) is 1. The van der Waals surface area contributed by atoms with E-state index >= 15 is 0 Å². The van der Waals surface area contributed by atoms with Gasteiger partial charge in [0, 0.05) is 30.1 Å². The Morgan fingerprint density at radius 2 is 2.00 bits per heavy atom. The first kappa shape index (κ1) is 17.5. The van der Waals surface area contributed by atoms with Gasteiger partial charge in [-0.2, -0.15) is 0 Å². The maximum atomic E-state index is 12.9. The van der Waals surface area contributed by atoms with Crippen LogP contribution in [0.2, 0.25) is 0 Å². The second-order valence-corrected chi connectivity index (χ2v) is 7.98. The van der Waals surface area contributed by atoms with Crippen molar-refractivity contribution in [2.24, 2.45) is 5.73 Å². The van der Waals surface area contributed by atoms with E-state index in [0.29, 0.717) is 13.0 Å². The van der Waals surface area contributed by atoms with E-state index < -0.39 is 11.9 Å². The van der Waals surface area contributed by atoms with Gasteiger partial charge in [-0.15, -0.1) is 11.3 Å². The van der Waals surface area contributed by atoms with E-state index in [2.05, 4.69) is 4.98 Å². The number of carbonyl (C=O) groups excluding carboxylic acids is 2. The van der Waals surface area contributed by atoms with Crippen molar-refractivity contribution in [1.29, 1.82) is 0 Å². The third-order valence-electron chi connectivity index (χ3n) is 4.91. The van der Waals surface area contributed by atoms with Crippen molar-refractivity contribution in [1.82, 2.24) is 14.3 Å². The van der Waals surface area contributed by atoms with Gasteiger partial charge >= 0.3 is 0 Å². The van der Waals surface area contributed by atoms with E-state index in [1.807, 2.05) is 48.7 Å². The van der Waals surface area contributed by atoms with Crippen molar-refractivity contribution in [3.63, 3.8) is 0 Å². The molecule has 4 rings (SSSR count). The van der Waals surface area contributed by atoms with Gasteiger partial charge in [-0.25, -0.2) is 4.98 Å². The molecule has 27 heavy (non-hydrogen) atoms. The Labute approximate surface area is 160 Å². The Hall–Kier alpha value is -2.93. The summed E-state index contributed by atoms with van der Waals surface area (Å²) in [7, 11) is 0. The van der Waals surface area contributed by atoms with Crippen molar-refractivity contribution in [3.05, 3.63) is 63.9 Å². The van der Waals surface area contributed by atoms with Crippen molar-refractivity contribution in [3.8, 4) is 0 Å². The molecule has 7 heteroatoms. The number of fused-ring (bicyclic) bond motifs is 2. The first-order valence-electron chi connectivity index (χ1n) is 8.74. The minimum atomic E-state index is -0.632. The number of aromatic nitrogens is 2. The Kier molecular flexibility index (Phi) is 4.31. The smallest absolute Gasteiger partial charge is 0.247 e.